The molecule has 0 radical (unpaired) electrons. The summed E-state index contributed by atoms with van der Waals surface area (Å²) >= 11 is 0. The molecular formula is C10H19NO3S. The number of nitrogens with zero attached hydrogens (tertiary/aromatic N) is 1. The third-order valence-corrected chi connectivity index (χ3v) is 4.84. The van der Waals surface area contributed by atoms with E-state index in [0.29, 0.717) is 24.9 Å². The minimum Gasteiger partial charge on any atom is -0.395 e. The normalized spacial score (nSPS) is 22.3. The van der Waals surface area contributed by atoms with Crippen LogP contribution in [0.1, 0.15) is 25.7 Å². The molecule has 0 aromatic carbocycles. The Morgan fingerprint density at radius 2 is 1.53 bits per heavy atom. The number of sulfonamides is 1. The Balaban J connectivity index is 1.94. The zero-order valence-electron chi connectivity index (χ0n) is 8.93. The van der Waals surface area contributed by atoms with Crippen molar-refractivity contribution in [1.29, 1.82) is 0 Å². The van der Waals surface area contributed by atoms with Gasteiger partial charge >= 0.3 is 0 Å². The van der Waals surface area contributed by atoms with Gasteiger partial charge in [-0.1, -0.05) is 0 Å². The zero-order valence-corrected chi connectivity index (χ0v) is 9.75. The molecule has 0 aliphatic heterocycles. The maximum atomic E-state index is 11.8. The fourth-order valence-corrected chi connectivity index (χ4v) is 3.09. The van der Waals surface area contributed by atoms with Crippen molar-refractivity contribution < 1.29 is 13.5 Å². The summed E-state index contributed by atoms with van der Waals surface area (Å²) in [7, 11) is -3.20. The van der Waals surface area contributed by atoms with Gasteiger partial charge in [0.1, 0.15) is 0 Å². The van der Waals surface area contributed by atoms with Crippen LogP contribution >= 0.6 is 0 Å². The second-order valence-electron chi connectivity index (χ2n) is 4.74. The van der Waals surface area contributed by atoms with Crippen LogP contribution in [0.5, 0.6) is 0 Å². The van der Waals surface area contributed by atoms with Crippen LogP contribution in [0.3, 0.4) is 0 Å². The van der Waals surface area contributed by atoms with Gasteiger partial charge in [-0.05, 0) is 37.5 Å². The number of aliphatic hydroxyl groups excluding tert-OH is 1. The molecule has 15 heavy (non-hydrogen) atoms. The summed E-state index contributed by atoms with van der Waals surface area (Å²) < 4.78 is 25.3. The van der Waals surface area contributed by atoms with Crippen LogP contribution in [0, 0.1) is 11.8 Å². The van der Waals surface area contributed by atoms with Gasteiger partial charge in [-0.2, -0.15) is 0 Å². The van der Waals surface area contributed by atoms with Gasteiger partial charge in [0.15, 0.2) is 0 Å². The quantitative estimate of drug-likeness (QED) is 0.694. The molecule has 0 aromatic rings. The maximum absolute atomic E-state index is 11.8. The molecule has 2 aliphatic rings. The van der Waals surface area contributed by atoms with Crippen molar-refractivity contribution in [3.8, 4) is 0 Å². The molecule has 5 heteroatoms. The SMILES string of the molecule is O=S(=O)(CCO)N(CC1CC1)CC1CC1. The van der Waals surface area contributed by atoms with Crippen molar-refractivity contribution in [2.24, 2.45) is 11.8 Å². The molecule has 0 saturated heterocycles. The van der Waals surface area contributed by atoms with Gasteiger partial charge in [0.25, 0.3) is 0 Å². The van der Waals surface area contributed by atoms with E-state index in [-0.39, 0.29) is 12.4 Å². The second-order valence-corrected chi connectivity index (χ2v) is 6.83. The topological polar surface area (TPSA) is 57.6 Å². The predicted octanol–water partition coefficient (Wildman–Crippen LogP) is 0.430. The third kappa shape index (κ3) is 3.43. The first kappa shape index (κ1) is 11.4. The van der Waals surface area contributed by atoms with Crippen LogP contribution in [0.25, 0.3) is 0 Å². The van der Waals surface area contributed by atoms with Gasteiger partial charge < -0.3 is 5.11 Å². The summed E-state index contributed by atoms with van der Waals surface area (Å²) in [5.74, 6) is 1.04. The second kappa shape index (κ2) is 4.39. The highest BCUT2D eigenvalue weighted by molar-refractivity contribution is 7.89. The Bertz CT molecular complexity index is 293. The third-order valence-electron chi connectivity index (χ3n) is 3.06. The van der Waals surface area contributed by atoms with Crippen molar-refractivity contribution in [1.82, 2.24) is 4.31 Å². The standard InChI is InChI=1S/C10H19NO3S/c12-5-6-15(13,14)11(7-9-1-2-9)8-10-3-4-10/h9-10,12H,1-8H2. The van der Waals surface area contributed by atoms with Gasteiger partial charge in [-0.25, -0.2) is 12.7 Å². The largest absolute Gasteiger partial charge is 0.395 e. The number of aliphatic hydroxyl groups is 1. The summed E-state index contributed by atoms with van der Waals surface area (Å²) in [5, 5.41) is 8.74. The molecule has 0 bridgehead atoms. The van der Waals surface area contributed by atoms with Crippen molar-refractivity contribution in [3.05, 3.63) is 0 Å². The van der Waals surface area contributed by atoms with Gasteiger partial charge in [0.2, 0.25) is 10.0 Å². The molecule has 0 amide bonds. The van der Waals surface area contributed by atoms with E-state index in [1.54, 1.807) is 4.31 Å². The molecule has 2 fully saturated rings. The van der Waals surface area contributed by atoms with E-state index in [1.165, 1.54) is 0 Å². The summed E-state index contributed by atoms with van der Waals surface area (Å²) in [6, 6.07) is 0. The van der Waals surface area contributed by atoms with E-state index < -0.39 is 10.0 Å². The molecule has 0 atom stereocenters. The molecule has 2 saturated carbocycles. The fourth-order valence-electron chi connectivity index (χ4n) is 1.72. The maximum Gasteiger partial charge on any atom is 0.216 e. The van der Waals surface area contributed by atoms with E-state index in [9.17, 15) is 8.42 Å². The highest BCUT2D eigenvalue weighted by Gasteiger charge is 2.34. The molecule has 88 valence electrons. The van der Waals surface area contributed by atoms with E-state index in [4.69, 9.17) is 5.11 Å². The summed E-state index contributed by atoms with van der Waals surface area (Å²) in [6.45, 7) is 1.09. The lowest BCUT2D eigenvalue weighted by atomic mass is 10.4. The van der Waals surface area contributed by atoms with Crippen LogP contribution in [0.2, 0.25) is 0 Å². The Morgan fingerprint density at radius 1 is 1.07 bits per heavy atom. The van der Waals surface area contributed by atoms with Gasteiger partial charge in [0, 0.05) is 13.1 Å². The molecule has 0 heterocycles. The molecule has 0 aromatic heterocycles. The molecule has 2 rings (SSSR count). The molecule has 0 spiro atoms. The summed E-state index contributed by atoms with van der Waals surface area (Å²) in [5.41, 5.74) is 0. The minimum absolute atomic E-state index is 0.119. The smallest absolute Gasteiger partial charge is 0.216 e. The number of hydrogen-bond acceptors (Lipinski definition) is 3. The van der Waals surface area contributed by atoms with Crippen LogP contribution in [-0.2, 0) is 10.0 Å². The molecule has 4 nitrogen and oxygen atoms in total. The highest BCUT2D eigenvalue weighted by atomic mass is 32.2. The van der Waals surface area contributed by atoms with Crippen molar-refractivity contribution in [2.75, 3.05) is 25.4 Å². The molecule has 0 unspecified atom stereocenters. The van der Waals surface area contributed by atoms with E-state index in [1.807, 2.05) is 0 Å². The lowest BCUT2D eigenvalue weighted by Gasteiger charge is -2.21. The van der Waals surface area contributed by atoms with Gasteiger partial charge in [0.05, 0.1) is 12.4 Å². The van der Waals surface area contributed by atoms with E-state index in [0.717, 1.165) is 25.7 Å². The number of hydrogen-bond donors (Lipinski definition) is 1. The lowest BCUT2D eigenvalue weighted by molar-refractivity contribution is 0.312. The molecule has 1 N–H and O–H groups in total. The average molecular weight is 233 g/mol. The summed E-state index contributed by atoms with van der Waals surface area (Å²) in [6.07, 6.45) is 4.65. The van der Waals surface area contributed by atoms with Gasteiger partial charge in [-0.3, -0.25) is 0 Å². The first-order valence-electron chi connectivity index (χ1n) is 5.70. The Morgan fingerprint density at radius 3 is 1.87 bits per heavy atom. The Labute approximate surface area is 91.3 Å². The van der Waals surface area contributed by atoms with Crippen molar-refractivity contribution >= 4 is 10.0 Å². The fraction of sp³-hybridized carbons (Fsp3) is 1.00. The Kier molecular flexibility index (Phi) is 3.33. The van der Waals surface area contributed by atoms with Crippen LogP contribution < -0.4 is 0 Å². The van der Waals surface area contributed by atoms with Crippen molar-refractivity contribution in [3.63, 3.8) is 0 Å². The lowest BCUT2D eigenvalue weighted by Crippen LogP contribution is -2.37. The van der Waals surface area contributed by atoms with Crippen LogP contribution in [-0.4, -0.2) is 43.3 Å². The van der Waals surface area contributed by atoms with Crippen LogP contribution in [0.4, 0.5) is 0 Å². The zero-order chi connectivity index (χ0) is 10.9. The Hall–Kier alpha value is -0.130. The first-order chi connectivity index (χ1) is 7.12. The molecule has 2 aliphatic carbocycles. The highest BCUT2D eigenvalue weighted by Crippen LogP contribution is 2.34. The monoisotopic (exact) mass is 233 g/mol. The number of rotatable bonds is 7. The van der Waals surface area contributed by atoms with Crippen LogP contribution in [0.15, 0.2) is 0 Å². The summed E-state index contributed by atoms with van der Waals surface area (Å²) in [4.78, 5) is 0. The van der Waals surface area contributed by atoms with Gasteiger partial charge in [-0.15, -0.1) is 0 Å². The minimum atomic E-state index is -3.20. The predicted molar refractivity (Wildman–Crippen MR) is 57.9 cm³/mol. The van der Waals surface area contributed by atoms with Crippen molar-refractivity contribution in [2.45, 2.75) is 25.7 Å². The van der Waals surface area contributed by atoms with E-state index in [2.05, 4.69) is 0 Å². The first-order valence-corrected chi connectivity index (χ1v) is 7.31. The average Bonchev–Trinajstić information content (AvgIpc) is 2.96. The van der Waals surface area contributed by atoms with E-state index >= 15 is 0 Å². The molecular weight excluding hydrogens is 214 g/mol.